The largest absolute Gasteiger partial charge is 0.380 e. The van der Waals surface area contributed by atoms with Crippen molar-refractivity contribution in [3.8, 4) is 0 Å². The zero-order valence-electron chi connectivity index (χ0n) is 12.8. The first-order valence-electron chi connectivity index (χ1n) is 7.42. The molecule has 0 aliphatic carbocycles. The van der Waals surface area contributed by atoms with E-state index in [1.807, 2.05) is 42.5 Å². The number of carbonyl (C=O) groups is 1. The first-order chi connectivity index (χ1) is 10.6. The van der Waals surface area contributed by atoms with Gasteiger partial charge in [-0.15, -0.1) is 0 Å². The molecule has 0 bridgehead atoms. The van der Waals surface area contributed by atoms with Crippen LogP contribution in [0.1, 0.15) is 24.2 Å². The highest BCUT2D eigenvalue weighted by Gasteiger charge is 2.16. The molecule has 1 unspecified atom stereocenters. The van der Waals surface area contributed by atoms with Crippen LogP contribution in [0.25, 0.3) is 0 Å². The summed E-state index contributed by atoms with van der Waals surface area (Å²) in [6.07, 6.45) is 0. The van der Waals surface area contributed by atoms with Crippen LogP contribution in [-0.4, -0.2) is 18.5 Å². The second-order valence-electron chi connectivity index (χ2n) is 5.55. The minimum absolute atomic E-state index is 0.147. The summed E-state index contributed by atoms with van der Waals surface area (Å²) in [4.78, 5) is 12.2. The van der Waals surface area contributed by atoms with Crippen molar-refractivity contribution in [2.75, 3.05) is 11.9 Å². The molecule has 2 aromatic carbocycles. The Morgan fingerprint density at radius 3 is 2.32 bits per heavy atom. The summed E-state index contributed by atoms with van der Waals surface area (Å²) in [7, 11) is 0. The van der Waals surface area contributed by atoms with E-state index in [9.17, 15) is 4.79 Å². The van der Waals surface area contributed by atoms with E-state index >= 15 is 0 Å². The summed E-state index contributed by atoms with van der Waals surface area (Å²) in [5.74, 6) is 0.234. The lowest BCUT2D eigenvalue weighted by molar-refractivity contribution is 0.0950. The Kier molecular flexibility index (Phi) is 5.84. The fourth-order valence-electron chi connectivity index (χ4n) is 2.15. The summed E-state index contributed by atoms with van der Waals surface area (Å²) in [6.45, 7) is 4.79. The molecule has 0 aliphatic rings. The number of halogens is 1. The Morgan fingerprint density at radius 1 is 1.05 bits per heavy atom. The van der Waals surface area contributed by atoms with Crippen LogP contribution in [0.2, 0.25) is 5.02 Å². The van der Waals surface area contributed by atoms with Gasteiger partial charge in [0.1, 0.15) is 0 Å². The lowest BCUT2D eigenvalue weighted by Crippen LogP contribution is -2.39. The molecule has 2 aromatic rings. The lowest BCUT2D eigenvalue weighted by Gasteiger charge is -2.24. The van der Waals surface area contributed by atoms with Gasteiger partial charge in [0.15, 0.2) is 0 Å². The molecule has 0 aromatic heterocycles. The zero-order chi connectivity index (χ0) is 15.9. The van der Waals surface area contributed by atoms with Crippen LogP contribution >= 0.6 is 11.6 Å². The first-order valence-corrected chi connectivity index (χ1v) is 7.80. The maximum atomic E-state index is 12.2. The molecule has 0 aliphatic heterocycles. The highest BCUT2D eigenvalue weighted by atomic mass is 35.5. The van der Waals surface area contributed by atoms with E-state index in [0.717, 1.165) is 5.69 Å². The normalized spacial score (nSPS) is 12.0. The van der Waals surface area contributed by atoms with Crippen molar-refractivity contribution in [1.82, 2.24) is 5.32 Å². The van der Waals surface area contributed by atoms with Gasteiger partial charge in [-0.3, -0.25) is 4.79 Å². The molecular weight excluding hydrogens is 296 g/mol. The van der Waals surface area contributed by atoms with Crippen molar-refractivity contribution in [2.24, 2.45) is 5.92 Å². The number of amides is 1. The van der Waals surface area contributed by atoms with Crippen LogP contribution in [0.3, 0.4) is 0 Å². The van der Waals surface area contributed by atoms with Gasteiger partial charge >= 0.3 is 0 Å². The van der Waals surface area contributed by atoms with Gasteiger partial charge in [-0.1, -0.05) is 55.8 Å². The Bertz CT molecular complexity index is 613. The molecule has 0 saturated heterocycles. The molecule has 1 amide bonds. The van der Waals surface area contributed by atoms with Crippen molar-refractivity contribution >= 4 is 23.2 Å². The smallest absolute Gasteiger partial charge is 0.252 e. The number of hydrogen-bond donors (Lipinski definition) is 2. The van der Waals surface area contributed by atoms with Crippen LogP contribution in [-0.2, 0) is 0 Å². The number of carbonyl (C=O) groups excluding carboxylic acids is 1. The second kappa shape index (κ2) is 7.85. The average molecular weight is 317 g/mol. The van der Waals surface area contributed by atoms with E-state index in [2.05, 4.69) is 24.5 Å². The molecule has 0 heterocycles. The Labute approximate surface area is 136 Å². The molecule has 2 N–H and O–H groups in total. The van der Waals surface area contributed by atoms with E-state index < -0.39 is 0 Å². The average Bonchev–Trinajstić information content (AvgIpc) is 2.52. The minimum Gasteiger partial charge on any atom is -0.380 e. The highest BCUT2D eigenvalue weighted by Crippen LogP contribution is 2.15. The monoisotopic (exact) mass is 316 g/mol. The number of anilines is 1. The minimum atomic E-state index is -0.147. The summed E-state index contributed by atoms with van der Waals surface area (Å²) >= 11 is 6.05. The number of para-hydroxylation sites is 1. The van der Waals surface area contributed by atoms with Gasteiger partial charge < -0.3 is 10.6 Å². The standard InChI is InChI=1S/C18H21ClN2O/c1-13(2)17(21-14-8-4-3-5-9-14)12-20-18(22)15-10-6-7-11-16(15)19/h3-11,13,17,21H,12H2,1-2H3,(H,20,22). The molecule has 4 heteroatoms. The van der Waals surface area contributed by atoms with Gasteiger partial charge in [0.2, 0.25) is 0 Å². The molecule has 116 valence electrons. The number of rotatable bonds is 6. The molecule has 0 saturated carbocycles. The Balaban J connectivity index is 1.97. The van der Waals surface area contributed by atoms with E-state index in [4.69, 9.17) is 11.6 Å². The topological polar surface area (TPSA) is 41.1 Å². The van der Waals surface area contributed by atoms with Gasteiger partial charge in [-0.05, 0) is 30.2 Å². The second-order valence-corrected chi connectivity index (χ2v) is 5.96. The molecule has 0 spiro atoms. The Morgan fingerprint density at radius 2 is 1.68 bits per heavy atom. The van der Waals surface area contributed by atoms with Crippen LogP contribution in [0, 0.1) is 5.92 Å². The third kappa shape index (κ3) is 4.50. The van der Waals surface area contributed by atoms with Crippen LogP contribution < -0.4 is 10.6 Å². The highest BCUT2D eigenvalue weighted by molar-refractivity contribution is 6.33. The van der Waals surface area contributed by atoms with E-state index in [1.54, 1.807) is 12.1 Å². The van der Waals surface area contributed by atoms with Crippen LogP contribution in [0.4, 0.5) is 5.69 Å². The fraction of sp³-hybridized carbons (Fsp3) is 0.278. The van der Waals surface area contributed by atoms with Gasteiger partial charge in [0, 0.05) is 18.3 Å². The molecule has 3 nitrogen and oxygen atoms in total. The maximum absolute atomic E-state index is 12.2. The maximum Gasteiger partial charge on any atom is 0.252 e. The van der Waals surface area contributed by atoms with E-state index in [1.165, 1.54) is 0 Å². The predicted octanol–water partition coefficient (Wildman–Crippen LogP) is 4.21. The lowest BCUT2D eigenvalue weighted by atomic mass is 10.0. The summed E-state index contributed by atoms with van der Waals surface area (Å²) < 4.78 is 0. The number of benzene rings is 2. The van der Waals surface area contributed by atoms with Crippen LogP contribution in [0.5, 0.6) is 0 Å². The van der Waals surface area contributed by atoms with E-state index in [0.29, 0.717) is 23.0 Å². The molecule has 1 atom stereocenters. The third-order valence-electron chi connectivity index (χ3n) is 3.53. The van der Waals surface area contributed by atoms with Crippen molar-refractivity contribution < 1.29 is 4.79 Å². The molecule has 2 rings (SSSR count). The quantitative estimate of drug-likeness (QED) is 0.838. The molecule has 0 radical (unpaired) electrons. The van der Waals surface area contributed by atoms with Crippen molar-refractivity contribution in [1.29, 1.82) is 0 Å². The zero-order valence-corrected chi connectivity index (χ0v) is 13.6. The number of nitrogens with one attached hydrogen (secondary N) is 2. The van der Waals surface area contributed by atoms with Crippen molar-refractivity contribution in [3.63, 3.8) is 0 Å². The van der Waals surface area contributed by atoms with Crippen molar-refractivity contribution in [2.45, 2.75) is 19.9 Å². The Hall–Kier alpha value is -2.00. The van der Waals surface area contributed by atoms with Crippen LogP contribution in [0.15, 0.2) is 54.6 Å². The summed E-state index contributed by atoms with van der Waals surface area (Å²) in [5.41, 5.74) is 1.56. The fourth-order valence-corrected chi connectivity index (χ4v) is 2.37. The number of hydrogen-bond acceptors (Lipinski definition) is 2. The summed E-state index contributed by atoms with van der Waals surface area (Å²) in [6, 6.07) is 17.2. The van der Waals surface area contributed by atoms with Gasteiger partial charge in [0.05, 0.1) is 10.6 Å². The SMILES string of the molecule is CC(C)C(CNC(=O)c1ccccc1Cl)Nc1ccccc1. The van der Waals surface area contributed by atoms with Gasteiger partial charge in [0.25, 0.3) is 5.91 Å². The first kappa shape index (κ1) is 16.4. The summed E-state index contributed by atoms with van der Waals surface area (Å²) in [5, 5.41) is 6.88. The van der Waals surface area contributed by atoms with Gasteiger partial charge in [-0.25, -0.2) is 0 Å². The molecule has 22 heavy (non-hydrogen) atoms. The third-order valence-corrected chi connectivity index (χ3v) is 3.86. The van der Waals surface area contributed by atoms with Gasteiger partial charge in [-0.2, -0.15) is 0 Å². The van der Waals surface area contributed by atoms with E-state index in [-0.39, 0.29) is 11.9 Å². The molecule has 0 fully saturated rings. The molecular formula is C18H21ClN2O. The van der Waals surface area contributed by atoms with Crippen molar-refractivity contribution in [3.05, 3.63) is 65.2 Å². The predicted molar refractivity (Wildman–Crippen MR) is 92.5 cm³/mol.